The fraction of sp³-hybridized carbons (Fsp3) is 0.353. The lowest BCUT2D eigenvalue weighted by Crippen LogP contribution is -2.38. The molecule has 2 aromatic heterocycles. The third kappa shape index (κ3) is 3.43. The molecule has 4 rings (SSSR count). The van der Waals surface area contributed by atoms with Crippen molar-refractivity contribution in [3.63, 3.8) is 0 Å². The molecule has 1 aliphatic heterocycles. The summed E-state index contributed by atoms with van der Waals surface area (Å²) in [5, 5.41) is 22.1. The highest BCUT2D eigenvalue weighted by Crippen LogP contribution is 2.26. The number of hydrogen-bond donors (Lipinski definition) is 1. The molecule has 128 valence electrons. The molecule has 1 aromatic carbocycles. The van der Waals surface area contributed by atoms with E-state index in [9.17, 15) is 4.79 Å². The maximum Gasteiger partial charge on any atom is 0.323 e. The summed E-state index contributed by atoms with van der Waals surface area (Å²) in [4.78, 5) is 14.2. The molecule has 25 heavy (non-hydrogen) atoms. The second-order valence-corrected chi connectivity index (χ2v) is 7.29. The highest BCUT2D eigenvalue weighted by Gasteiger charge is 2.17. The van der Waals surface area contributed by atoms with Gasteiger partial charge in [-0.15, -0.1) is 20.4 Å². The summed E-state index contributed by atoms with van der Waals surface area (Å²) in [7, 11) is 0. The smallest absolute Gasteiger partial charge is 0.323 e. The molecule has 7 nitrogen and oxygen atoms in total. The van der Waals surface area contributed by atoms with E-state index in [4.69, 9.17) is 0 Å². The highest BCUT2D eigenvalue weighted by atomic mass is 32.1. The van der Waals surface area contributed by atoms with Crippen molar-refractivity contribution in [1.82, 2.24) is 25.3 Å². The average molecular weight is 354 g/mol. The van der Waals surface area contributed by atoms with Crippen molar-refractivity contribution < 1.29 is 4.79 Å². The van der Waals surface area contributed by atoms with E-state index in [-0.39, 0.29) is 6.03 Å². The largest absolute Gasteiger partial charge is 0.325 e. The minimum absolute atomic E-state index is 0.107. The summed E-state index contributed by atoms with van der Waals surface area (Å²) >= 11 is 1.55. The fourth-order valence-electron chi connectivity index (χ4n) is 2.94. The van der Waals surface area contributed by atoms with E-state index in [1.165, 1.54) is 6.42 Å². The van der Waals surface area contributed by atoms with Gasteiger partial charge in [0.25, 0.3) is 0 Å². The Balaban J connectivity index is 1.59. The Morgan fingerprint density at radius 3 is 2.68 bits per heavy atom. The molecule has 0 aliphatic carbocycles. The first kappa shape index (κ1) is 15.9. The SMILES string of the molecule is Cc1nnc(-c2ccc3nnc(NC(=O)N4CCCCC4)cc3c2)s1. The Hall–Kier alpha value is -2.61. The average Bonchev–Trinajstić information content (AvgIpc) is 3.08. The molecule has 3 heterocycles. The van der Waals surface area contributed by atoms with Gasteiger partial charge in [-0.05, 0) is 50.5 Å². The first-order valence-corrected chi connectivity index (χ1v) is 9.14. The predicted molar refractivity (Wildman–Crippen MR) is 97.6 cm³/mol. The van der Waals surface area contributed by atoms with Gasteiger partial charge in [0.15, 0.2) is 5.82 Å². The Labute approximate surface area is 149 Å². The number of rotatable bonds is 2. The number of nitrogens with zero attached hydrogens (tertiary/aromatic N) is 5. The number of benzene rings is 1. The Morgan fingerprint density at radius 2 is 1.92 bits per heavy atom. The van der Waals surface area contributed by atoms with Crippen molar-refractivity contribution >= 4 is 34.1 Å². The van der Waals surface area contributed by atoms with Crippen LogP contribution < -0.4 is 5.32 Å². The second kappa shape index (κ2) is 6.72. The number of aromatic nitrogens is 4. The van der Waals surface area contributed by atoms with Gasteiger partial charge in [0, 0.05) is 24.0 Å². The molecule has 3 aromatic rings. The van der Waals surface area contributed by atoms with Gasteiger partial charge >= 0.3 is 6.03 Å². The van der Waals surface area contributed by atoms with Gasteiger partial charge in [0.1, 0.15) is 10.0 Å². The van der Waals surface area contributed by atoms with Crippen LogP contribution in [-0.2, 0) is 0 Å². The number of piperidine rings is 1. The number of fused-ring (bicyclic) bond motifs is 1. The van der Waals surface area contributed by atoms with Gasteiger partial charge < -0.3 is 4.90 Å². The monoisotopic (exact) mass is 354 g/mol. The molecule has 1 saturated heterocycles. The van der Waals surface area contributed by atoms with E-state index in [1.54, 1.807) is 11.3 Å². The van der Waals surface area contributed by atoms with Crippen molar-refractivity contribution in [3.8, 4) is 10.6 Å². The lowest BCUT2D eigenvalue weighted by Gasteiger charge is -2.26. The number of amides is 2. The minimum Gasteiger partial charge on any atom is -0.325 e. The third-order valence-corrected chi connectivity index (χ3v) is 5.12. The Kier molecular flexibility index (Phi) is 4.27. The number of nitrogens with one attached hydrogen (secondary N) is 1. The lowest BCUT2D eigenvalue weighted by molar-refractivity contribution is 0.200. The molecular weight excluding hydrogens is 336 g/mol. The van der Waals surface area contributed by atoms with E-state index in [0.717, 1.165) is 52.4 Å². The number of hydrogen-bond acceptors (Lipinski definition) is 6. The first-order valence-electron chi connectivity index (χ1n) is 8.33. The molecule has 0 atom stereocenters. The maximum atomic E-state index is 12.3. The zero-order chi connectivity index (χ0) is 17.2. The summed E-state index contributed by atoms with van der Waals surface area (Å²) in [6, 6.07) is 7.61. The van der Waals surface area contributed by atoms with Crippen molar-refractivity contribution in [1.29, 1.82) is 0 Å². The number of anilines is 1. The molecule has 1 fully saturated rings. The first-order chi connectivity index (χ1) is 12.2. The van der Waals surface area contributed by atoms with Gasteiger partial charge in [-0.2, -0.15) is 0 Å². The predicted octanol–water partition coefficient (Wildman–Crippen LogP) is 3.47. The van der Waals surface area contributed by atoms with Crippen molar-refractivity contribution in [2.75, 3.05) is 18.4 Å². The molecule has 2 amide bonds. The van der Waals surface area contributed by atoms with Gasteiger partial charge in [-0.3, -0.25) is 5.32 Å². The van der Waals surface area contributed by atoms with Gasteiger partial charge in [0.2, 0.25) is 0 Å². The van der Waals surface area contributed by atoms with Crippen molar-refractivity contribution in [2.24, 2.45) is 0 Å². The molecular formula is C17H18N6OS. The standard InChI is InChI=1S/C17H18N6OS/c1-11-19-22-16(25-11)12-5-6-14-13(9-12)10-15(21-20-14)18-17(24)23-7-3-2-4-8-23/h5-6,9-10H,2-4,7-8H2,1H3,(H,18,21,24). The zero-order valence-corrected chi connectivity index (χ0v) is 14.7. The van der Waals surface area contributed by atoms with E-state index in [1.807, 2.05) is 36.1 Å². The van der Waals surface area contributed by atoms with Crippen molar-refractivity contribution in [3.05, 3.63) is 29.3 Å². The van der Waals surface area contributed by atoms with Crippen molar-refractivity contribution in [2.45, 2.75) is 26.2 Å². The summed E-state index contributed by atoms with van der Waals surface area (Å²) in [5.74, 6) is 0.466. The van der Waals surface area contributed by atoms with Crippen LogP contribution in [0.3, 0.4) is 0 Å². The van der Waals surface area contributed by atoms with Gasteiger partial charge in [-0.1, -0.05) is 11.3 Å². The minimum atomic E-state index is -0.107. The van der Waals surface area contributed by atoms with Crippen LogP contribution in [0.2, 0.25) is 0 Å². The third-order valence-electron chi connectivity index (χ3n) is 4.24. The Morgan fingerprint density at radius 1 is 1.08 bits per heavy atom. The topological polar surface area (TPSA) is 83.9 Å². The molecule has 0 saturated carbocycles. The maximum absolute atomic E-state index is 12.3. The second-order valence-electron chi connectivity index (χ2n) is 6.11. The molecule has 0 unspecified atom stereocenters. The highest BCUT2D eigenvalue weighted by molar-refractivity contribution is 7.14. The number of carbonyl (C=O) groups is 1. The Bertz CT molecular complexity index is 918. The molecule has 0 spiro atoms. The van der Waals surface area contributed by atoms with Crippen LogP contribution in [0.25, 0.3) is 21.5 Å². The van der Waals surface area contributed by atoms with Crippen LogP contribution >= 0.6 is 11.3 Å². The molecule has 0 bridgehead atoms. The number of carbonyl (C=O) groups excluding carboxylic acids is 1. The van der Waals surface area contributed by atoms with Crippen LogP contribution in [0.4, 0.5) is 10.6 Å². The zero-order valence-electron chi connectivity index (χ0n) is 13.9. The molecule has 1 N–H and O–H groups in total. The number of aryl methyl sites for hydroxylation is 1. The van der Waals surface area contributed by atoms with E-state index in [0.29, 0.717) is 5.82 Å². The lowest BCUT2D eigenvalue weighted by atomic mass is 10.1. The molecule has 1 aliphatic rings. The van der Waals surface area contributed by atoms with E-state index in [2.05, 4.69) is 25.7 Å². The fourth-order valence-corrected chi connectivity index (χ4v) is 3.63. The van der Waals surface area contributed by atoms with Crippen LogP contribution in [0.15, 0.2) is 24.3 Å². The van der Waals surface area contributed by atoms with Crippen LogP contribution in [-0.4, -0.2) is 44.4 Å². The van der Waals surface area contributed by atoms with E-state index >= 15 is 0 Å². The molecule has 8 heteroatoms. The quantitative estimate of drug-likeness (QED) is 0.762. The van der Waals surface area contributed by atoms with Gasteiger partial charge in [-0.25, -0.2) is 4.79 Å². The van der Waals surface area contributed by atoms with Crippen LogP contribution in [0, 0.1) is 6.92 Å². The molecule has 0 radical (unpaired) electrons. The van der Waals surface area contributed by atoms with Crippen LogP contribution in [0.1, 0.15) is 24.3 Å². The van der Waals surface area contributed by atoms with Crippen LogP contribution in [0.5, 0.6) is 0 Å². The summed E-state index contributed by atoms with van der Waals surface area (Å²) in [6.07, 6.45) is 3.30. The van der Waals surface area contributed by atoms with Gasteiger partial charge in [0.05, 0.1) is 5.52 Å². The van der Waals surface area contributed by atoms with E-state index < -0.39 is 0 Å². The number of urea groups is 1. The normalized spacial score (nSPS) is 14.7. The summed E-state index contributed by atoms with van der Waals surface area (Å²) in [6.45, 7) is 3.53. The summed E-state index contributed by atoms with van der Waals surface area (Å²) < 4.78 is 0. The number of likely N-dealkylation sites (tertiary alicyclic amines) is 1. The summed E-state index contributed by atoms with van der Waals surface area (Å²) in [5.41, 5.74) is 1.76.